The molecule has 8 nitrogen and oxygen atoms in total. The number of carbonyl (C=O) groups is 1. The fourth-order valence-corrected chi connectivity index (χ4v) is 2.44. The van der Waals surface area contributed by atoms with Gasteiger partial charge in [-0.05, 0) is 35.4 Å². The molecule has 0 aliphatic carbocycles. The molecule has 3 aromatic rings. The molecule has 0 radical (unpaired) electrons. The maximum atomic E-state index is 12.1. The zero-order chi connectivity index (χ0) is 19.2. The molecule has 0 bridgehead atoms. The number of halogens is 1. The SMILES string of the molecule is O=C(N/N=C/c1ccc([N+](=O)[O-])cc1)c1ccc(Cn2cc(Cl)cn2)cc1. The number of nitrogens with zero attached hydrogens (tertiary/aromatic N) is 4. The molecule has 2 aromatic carbocycles. The molecular weight excluding hydrogens is 370 g/mol. The number of amides is 1. The molecule has 0 spiro atoms. The van der Waals surface area contributed by atoms with Gasteiger partial charge in [-0.2, -0.15) is 10.2 Å². The number of non-ortho nitro benzene ring substituents is 1. The number of hydrazone groups is 1. The van der Waals surface area contributed by atoms with Gasteiger partial charge in [0.1, 0.15) is 0 Å². The Morgan fingerprint density at radius 1 is 1.22 bits per heavy atom. The van der Waals surface area contributed by atoms with E-state index < -0.39 is 4.92 Å². The van der Waals surface area contributed by atoms with Crippen LogP contribution >= 0.6 is 11.6 Å². The molecule has 0 unspecified atom stereocenters. The van der Waals surface area contributed by atoms with Crippen molar-refractivity contribution in [2.75, 3.05) is 0 Å². The van der Waals surface area contributed by atoms with Crippen LogP contribution in [0.15, 0.2) is 66.0 Å². The van der Waals surface area contributed by atoms with Crippen molar-refractivity contribution in [3.63, 3.8) is 0 Å². The molecule has 1 aromatic heterocycles. The standard InChI is InChI=1S/C18H14ClN5O3/c19-16-10-21-23(12-16)11-14-1-5-15(6-2-14)18(25)22-20-9-13-3-7-17(8-4-13)24(26)27/h1-10,12H,11H2,(H,22,25)/b20-9+. The van der Waals surface area contributed by atoms with Gasteiger partial charge in [0.25, 0.3) is 11.6 Å². The highest BCUT2D eigenvalue weighted by Crippen LogP contribution is 2.11. The van der Waals surface area contributed by atoms with Crippen molar-refractivity contribution >= 4 is 29.4 Å². The molecule has 0 saturated carbocycles. The average Bonchev–Trinajstić information content (AvgIpc) is 3.07. The van der Waals surface area contributed by atoms with Crippen molar-refractivity contribution in [3.05, 3.63) is 92.8 Å². The van der Waals surface area contributed by atoms with E-state index in [1.807, 2.05) is 12.1 Å². The number of aromatic nitrogens is 2. The molecule has 1 heterocycles. The monoisotopic (exact) mass is 383 g/mol. The number of hydrogen-bond donors (Lipinski definition) is 1. The van der Waals surface area contributed by atoms with E-state index in [2.05, 4.69) is 15.6 Å². The van der Waals surface area contributed by atoms with E-state index in [1.54, 1.807) is 41.3 Å². The first-order chi connectivity index (χ1) is 13.0. The van der Waals surface area contributed by atoms with E-state index in [9.17, 15) is 14.9 Å². The van der Waals surface area contributed by atoms with Crippen LogP contribution in [0.2, 0.25) is 5.02 Å². The summed E-state index contributed by atoms with van der Waals surface area (Å²) in [7, 11) is 0. The summed E-state index contributed by atoms with van der Waals surface area (Å²) in [5.74, 6) is -0.359. The summed E-state index contributed by atoms with van der Waals surface area (Å²) < 4.78 is 1.70. The molecule has 136 valence electrons. The summed E-state index contributed by atoms with van der Waals surface area (Å²) in [5.41, 5.74) is 4.48. The maximum Gasteiger partial charge on any atom is 0.271 e. The van der Waals surface area contributed by atoms with Crippen LogP contribution in [0, 0.1) is 10.1 Å². The maximum absolute atomic E-state index is 12.1. The summed E-state index contributed by atoms with van der Waals surface area (Å²) in [4.78, 5) is 22.2. The zero-order valence-electron chi connectivity index (χ0n) is 13.9. The van der Waals surface area contributed by atoms with Crippen LogP contribution in [-0.2, 0) is 6.54 Å². The van der Waals surface area contributed by atoms with Crippen LogP contribution in [0.25, 0.3) is 0 Å². The first kappa shape index (κ1) is 18.3. The van der Waals surface area contributed by atoms with Gasteiger partial charge in [0, 0.05) is 23.9 Å². The molecule has 0 aliphatic rings. The lowest BCUT2D eigenvalue weighted by molar-refractivity contribution is -0.384. The van der Waals surface area contributed by atoms with Gasteiger partial charge >= 0.3 is 0 Å². The smallest absolute Gasteiger partial charge is 0.267 e. The number of benzene rings is 2. The molecule has 0 atom stereocenters. The Morgan fingerprint density at radius 3 is 2.52 bits per heavy atom. The summed E-state index contributed by atoms with van der Waals surface area (Å²) in [6.45, 7) is 0.549. The van der Waals surface area contributed by atoms with Crippen molar-refractivity contribution < 1.29 is 9.72 Å². The van der Waals surface area contributed by atoms with Gasteiger partial charge in [0.2, 0.25) is 0 Å². The summed E-state index contributed by atoms with van der Waals surface area (Å²) in [6.07, 6.45) is 4.69. The van der Waals surface area contributed by atoms with Crippen molar-refractivity contribution in [1.82, 2.24) is 15.2 Å². The van der Waals surface area contributed by atoms with Crippen LogP contribution in [0.1, 0.15) is 21.5 Å². The van der Waals surface area contributed by atoms with Gasteiger partial charge in [0.05, 0.1) is 28.9 Å². The lowest BCUT2D eigenvalue weighted by atomic mass is 10.1. The third-order valence-electron chi connectivity index (χ3n) is 3.65. The van der Waals surface area contributed by atoms with Gasteiger partial charge in [-0.25, -0.2) is 5.43 Å². The number of hydrogen-bond acceptors (Lipinski definition) is 5. The fourth-order valence-electron chi connectivity index (χ4n) is 2.29. The second-order valence-electron chi connectivity index (χ2n) is 5.60. The summed E-state index contributed by atoms with van der Waals surface area (Å²) in [5, 5.41) is 19.1. The molecule has 1 amide bonds. The summed E-state index contributed by atoms with van der Waals surface area (Å²) in [6, 6.07) is 12.9. The van der Waals surface area contributed by atoms with Gasteiger partial charge in [0.15, 0.2) is 0 Å². The molecule has 0 saturated heterocycles. The number of nitrogens with one attached hydrogen (secondary N) is 1. The van der Waals surface area contributed by atoms with E-state index in [4.69, 9.17) is 11.6 Å². The molecular formula is C18H14ClN5O3. The van der Waals surface area contributed by atoms with E-state index in [0.717, 1.165) is 5.56 Å². The molecule has 0 aliphatic heterocycles. The van der Waals surface area contributed by atoms with Gasteiger partial charge < -0.3 is 0 Å². The van der Waals surface area contributed by atoms with E-state index in [0.29, 0.717) is 22.7 Å². The van der Waals surface area contributed by atoms with Crippen molar-refractivity contribution in [3.8, 4) is 0 Å². The van der Waals surface area contributed by atoms with Gasteiger partial charge in [-0.1, -0.05) is 23.7 Å². The minimum Gasteiger partial charge on any atom is -0.267 e. The normalized spacial score (nSPS) is 10.9. The minimum absolute atomic E-state index is 0.00587. The largest absolute Gasteiger partial charge is 0.271 e. The van der Waals surface area contributed by atoms with E-state index in [-0.39, 0.29) is 11.6 Å². The predicted molar refractivity (Wildman–Crippen MR) is 101 cm³/mol. The average molecular weight is 384 g/mol. The Labute approximate surface area is 159 Å². The third kappa shape index (κ3) is 4.99. The van der Waals surface area contributed by atoms with Crippen molar-refractivity contribution in [2.24, 2.45) is 5.10 Å². The zero-order valence-corrected chi connectivity index (χ0v) is 14.7. The third-order valence-corrected chi connectivity index (χ3v) is 3.84. The van der Waals surface area contributed by atoms with Crippen LogP contribution in [0.4, 0.5) is 5.69 Å². The van der Waals surface area contributed by atoms with Gasteiger partial charge in [-0.15, -0.1) is 0 Å². The van der Waals surface area contributed by atoms with Crippen molar-refractivity contribution in [2.45, 2.75) is 6.54 Å². The Morgan fingerprint density at radius 2 is 1.93 bits per heavy atom. The highest BCUT2D eigenvalue weighted by Gasteiger charge is 2.05. The number of nitro groups is 1. The Kier molecular flexibility index (Phi) is 5.58. The van der Waals surface area contributed by atoms with E-state index >= 15 is 0 Å². The predicted octanol–water partition coefficient (Wildman–Crippen LogP) is 3.26. The first-order valence-corrected chi connectivity index (χ1v) is 8.24. The Bertz CT molecular complexity index is 981. The number of rotatable bonds is 6. The van der Waals surface area contributed by atoms with Crippen molar-refractivity contribution in [1.29, 1.82) is 0 Å². The Balaban J connectivity index is 1.56. The second kappa shape index (κ2) is 8.24. The van der Waals surface area contributed by atoms with Crippen LogP contribution in [0.3, 0.4) is 0 Å². The van der Waals surface area contributed by atoms with Gasteiger partial charge in [-0.3, -0.25) is 19.6 Å². The lowest BCUT2D eigenvalue weighted by Gasteiger charge is -2.04. The molecule has 0 fully saturated rings. The Hall–Kier alpha value is -3.52. The highest BCUT2D eigenvalue weighted by atomic mass is 35.5. The van der Waals surface area contributed by atoms with E-state index in [1.165, 1.54) is 18.3 Å². The highest BCUT2D eigenvalue weighted by molar-refractivity contribution is 6.30. The second-order valence-corrected chi connectivity index (χ2v) is 6.04. The molecule has 9 heteroatoms. The number of carbonyl (C=O) groups excluding carboxylic acids is 1. The van der Waals surface area contributed by atoms with Crippen LogP contribution in [0.5, 0.6) is 0 Å². The number of nitro benzene ring substituents is 1. The topological polar surface area (TPSA) is 102 Å². The first-order valence-electron chi connectivity index (χ1n) is 7.86. The molecule has 3 rings (SSSR count). The fraction of sp³-hybridized carbons (Fsp3) is 0.0556. The molecule has 1 N–H and O–H groups in total. The van der Waals surface area contributed by atoms with Crippen LogP contribution in [-0.4, -0.2) is 26.8 Å². The quantitative estimate of drug-likeness (QED) is 0.401. The summed E-state index contributed by atoms with van der Waals surface area (Å²) >= 11 is 5.83. The minimum atomic E-state index is -0.479. The van der Waals surface area contributed by atoms with Crippen LogP contribution < -0.4 is 5.43 Å². The lowest BCUT2D eigenvalue weighted by Crippen LogP contribution is -2.17. The molecule has 27 heavy (non-hydrogen) atoms.